The lowest BCUT2D eigenvalue weighted by Gasteiger charge is -2.46. The summed E-state index contributed by atoms with van der Waals surface area (Å²) in [6, 6.07) is 13.5. The number of aromatic amines is 1. The molecule has 1 aromatic heterocycles. The van der Waals surface area contributed by atoms with Crippen LogP contribution in [-0.4, -0.2) is 42.2 Å². The van der Waals surface area contributed by atoms with Crippen molar-refractivity contribution in [1.82, 2.24) is 9.88 Å². The lowest BCUT2D eigenvalue weighted by atomic mass is 9.80. The molecule has 29 heavy (non-hydrogen) atoms. The van der Waals surface area contributed by atoms with E-state index in [-0.39, 0.29) is 11.9 Å². The van der Waals surface area contributed by atoms with Crippen molar-refractivity contribution in [3.05, 3.63) is 60.0 Å². The van der Waals surface area contributed by atoms with Gasteiger partial charge in [-0.1, -0.05) is 6.07 Å². The minimum atomic E-state index is -0.158. The highest BCUT2D eigenvalue weighted by atomic mass is 19.1. The topological polar surface area (TPSA) is 37.5 Å². The van der Waals surface area contributed by atoms with Crippen LogP contribution < -0.4 is 9.47 Å². The smallest absolute Gasteiger partial charge is 0.124 e. The second-order valence-electron chi connectivity index (χ2n) is 8.31. The van der Waals surface area contributed by atoms with Crippen LogP contribution in [0.15, 0.2) is 48.7 Å². The second kappa shape index (κ2) is 7.71. The number of nitrogens with one attached hydrogen (secondary N) is 1. The summed E-state index contributed by atoms with van der Waals surface area (Å²) in [5.74, 6) is 2.07. The lowest BCUT2D eigenvalue weighted by molar-refractivity contribution is -0.0202. The number of halogens is 1. The molecular formula is C24H27FN2O2. The molecule has 2 heterocycles. The van der Waals surface area contributed by atoms with Crippen LogP contribution >= 0.6 is 0 Å². The number of benzene rings is 2. The monoisotopic (exact) mass is 394 g/mol. The van der Waals surface area contributed by atoms with Gasteiger partial charge in [0.1, 0.15) is 23.4 Å². The van der Waals surface area contributed by atoms with Gasteiger partial charge in [-0.2, -0.15) is 0 Å². The summed E-state index contributed by atoms with van der Waals surface area (Å²) in [7, 11) is 1.67. The molecule has 0 amide bonds. The molecule has 1 aliphatic carbocycles. The van der Waals surface area contributed by atoms with Gasteiger partial charge in [-0.3, -0.25) is 4.90 Å². The third-order valence-electron chi connectivity index (χ3n) is 6.55. The van der Waals surface area contributed by atoms with Gasteiger partial charge in [0, 0.05) is 42.3 Å². The Morgan fingerprint density at radius 3 is 2.59 bits per heavy atom. The van der Waals surface area contributed by atoms with Crippen molar-refractivity contribution in [2.45, 2.75) is 43.7 Å². The summed E-state index contributed by atoms with van der Waals surface area (Å²) >= 11 is 0. The van der Waals surface area contributed by atoms with Gasteiger partial charge in [0.05, 0.1) is 7.11 Å². The minimum absolute atomic E-state index is 0.158. The molecule has 3 aromatic rings. The molecular weight excluding hydrogens is 367 g/mol. The first-order valence-electron chi connectivity index (χ1n) is 10.5. The van der Waals surface area contributed by atoms with Crippen molar-refractivity contribution in [2.24, 2.45) is 0 Å². The average molecular weight is 394 g/mol. The van der Waals surface area contributed by atoms with Gasteiger partial charge in [0.2, 0.25) is 0 Å². The first-order chi connectivity index (χ1) is 14.2. The minimum Gasteiger partial charge on any atom is -0.497 e. The van der Waals surface area contributed by atoms with Crippen LogP contribution in [0.2, 0.25) is 0 Å². The zero-order valence-electron chi connectivity index (χ0n) is 16.7. The number of nitrogens with zero attached hydrogens (tertiary/aromatic N) is 1. The number of rotatable bonds is 5. The Morgan fingerprint density at radius 1 is 1.00 bits per heavy atom. The quantitative estimate of drug-likeness (QED) is 0.654. The Morgan fingerprint density at radius 2 is 1.79 bits per heavy atom. The Hall–Kier alpha value is -2.53. The first-order valence-corrected chi connectivity index (χ1v) is 10.5. The Labute approximate surface area is 170 Å². The van der Waals surface area contributed by atoms with Gasteiger partial charge < -0.3 is 14.5 Å². The fourth-order valence-electron chi connectivity index (χ4n) is 4.91. The molecule has 0 atom stereocenters. The predicted octanol–water partition coefficient (Wildman–Crippen LogP) is 5.11. The molecule has 5 rings (SSSR count). The van der Waals surface area contributed by atoms with E-state index in [4.69, 9.17) is 9.47 Å². The molecule has 5 heteroatoms. The van der Waals surface area contributed by atoms with Crippen molar-refractivity contribution in [1.29, 1.82) is 0 Å². The standard InChI is InChI=1S/C24H27FN2O2/c1-28-19-3-2-4-20(12-19)29-21-14-27(15-21)18-8-5-16(6-9-18)23-13-26-24-10-7-17(25)11-22(23)24/h2-4,7,10-13,16,18,21,26H,5-6,8-9,14-15H2,1H3. The van der Waals surface area contributed by atoms with Crippen molar-refractivity contribution in [3.8, 4) is 11.5 Å². The van der Waals surface area contributed by atoms with E-state index in [2.05, 4.69) is 16.1 Å². The Bertz CT molecular complexity index is 987. The largest absolute Gasteiger partial charge is 0.497 e. The number of H-pyrrole nitrogens is 1. The summed E-state index contributed by atoms with van der Waals surface area (Å²) in [5, 5.41) is 1.05. The summed E-state index contributed by atoms with van der Waals surface area (Å²) < 4.78 is 25.0. The zero-order chi connectivity index (χ0) is 19.8. The van der Waals surface area contributed by atoms with Gasteiger partial charge in [-0.15, -0.1) is 0 Å². The van der Waals surface area contributed by atoms with Crippen LogP contribution in [0.4, 0.5) is 4.39 Å². The molecule has 1 saturated carbocycles. The van der Waals surface area contributed by atoms with Crippen molar-refractivity contribution in [2.75, 3.05) is 20.2 Å². The average Bonchev–Trinajstić information content (AvgIpc) is 3.14. The van der Waals surface area contributed by atoms with Crippen molar-refractivity contribution in [3.63, 3.8) is 0 Å². The molecule has 0 spiro atoms. The summed E-state index contributed by atoms with van der Waals surface area (Å²) in [5.41, 5.74) is 2.31. The molecule has 1 aliphatic heterocycles. The van der Waals surface area contributed by atoms with Crippen LogP contribution in [-0.2, 0) is 0 Å². The first kappa shape index (κ1) is 18.5. The number of aromatic nitrogens is 1. The molecule has 0 bridgehead atoms. The third-order valence-corrected chi connectivity index (χ3v) is 6.55. The highest BCUT2D eigenvalue weighted by molar-refractivity contribution is 5.83. The second-order valence-corrected chi connectivity index (χ2v) is 8.31. The van der Waals surface area contributed by atoms with Gasteiger partial charge in [0.15, 0.2) is 0 Å². The molecule has 4 nitrogen and oxygen atoms in total. The maximum Gasteiger partial charge on any atom is 0.124 e. The van der Waals surface area contributed by atoms with E-state index in [1.54, 1.807) is 13.2 Å². The van der Waals surface area contributed by atoms with E-state index in [1.165, 1.54) is 24.5 Å². The van der Waals surface area contributed by atoms with Gasteiger partial charge >= 0.3 is 0 Å². The van der Waals surface area contributed by atoms with Crippen molar-refractivity contribution >= 4 is 10.9 Å². The fourth-order valence-corrected chi connectivity index (χ4v) is 4.91. The molecule has 2 fully saturated rings. The van der Waals surface area contributed by atoms with Gasteiger partial charge in [0.25, 0.3) is 0 Å². The maximum absolute atomic E-state index is 13.7. The van der Waals surface area contributed by atoms with E-state index in [1.807, 2.05) is 30.3 Å². The molecule has 2 aromatic carbocycles. The van der Waals surface area contributed by atoms with E-state index < -0.39 is 0 Å². The van der Waals surface area contributed by atoms with Crippen LogP contribution in [0, 0.1) is 5.82 Å². The molecule has 1 saturated heterocycles. The van der Waals surface area contributed by atoms with Crippen LogP contribution in [0.5, 0.6) is 11.5 Å². The Balaban J connectivity index is 1.14. The SMILES string of the molecule is COc1cccc(OC2CN(C3CCC(c4c[nH]c5ccc(F)cc45)CC3)C2)c1. The van der Waals surface area contributed by atoms with Crippen LogP contribution in [0.25, 0.3) is 10.9 Å². The summed E-state index contributed by atoms with van der Waals surface area (Å²) in [4.78, 5) is 5.86. The number of ether oxygens (including phenoxy) is 2. The van der Waals surface area contributed by atoms with Crippen LogP contribution in [0.3, 0.4) is 0 Å². The van der Waals surface area contributed by atoms with Crippen LogP contribution in [0.1, 0.15) is 37.2 Å². The van der Waals surface area contributed by atoms with E-state index in [0.29, 0.717) is 12.0 Å². The zero-order valence-corrected chi connectivity index (χ0v) is 16.7. The van der Waals surface area contributed by atoms with E-state index in [0.717, 1.165) is 48.3 Å². The highest BCUT2D eigenvalue weighted by Gasteiger charge is 2.36. The molecule has 152 valence electrons. The predicted molar refractivity (Wildman–Crippen MR) is 112 cm³/mol. The number of hydrogen-bond acceptors (Lipinski definition) is 3. The number of likely N-dealkylation sites (tertiary alicyclic amines) is 1. The number of hydrogen-bond donors (Lipinski definition) is 1. The number of methoxy groups -OCH3 is 1. The molecule has 0 unspecified atom stereocenters. The molecule has 1 N–H and O–H groups in total. The van der Waals surface area contributed by atoms with Gasteiger partial charge in [-0.05, 0) is 67.5 Å². The summed E-state index contributed by atoms with van der Waals surface area (Å²) in [6.45, 7) is 1.98. The molecule has 0 radical (unpaired) electrons. The van der Waals surface area contributed by atoms with E-state index >= 15 is 0 Å². The highest BCUT2D eigenvalue weighted by Crippen LogP contribution is 2.39. The summed E-state index contributed by atoms with van der Waals surface area (Å²) in [6.07, 6.45) is 7.04. The lowest BCUT2D eigenvalue weighted by Crippen LogP contribution is -2.58. The fraction of sp³-hybridized carbons (Fsp3) is 0.417. The molecule has 2 aliphatic rings. The Kier molecular flexibility index (Phi) is 4.92. The van der Waals surface area contributed by atoms with Gasteiger partial charge in [-0.25, -0.2) is 4.39 Å². The van der Waals surface area contributed by atoms with Crippen molar-refractivity contribution < 1.29 is 13.9 Å². The van der Waals surface area contributed by atoms with E-state index in [9.17, 15) is 4.39 Å². The number of fused-ring (bicyclic) bond motifs is 1. The normalized spacial score (nSPS) is 23.1. The maximum atomic E-state index is 13.7. The third kappa shape index (κ3) is 3.71.